The van der Waals surface area contributed by atoms with Gasteiger partial charge in [-0.05, 0) is 57.8 Å². The first kappa shape index (κ1) is 13.8. The van der Waals surface area contributed by atoms with Crippen molar-refractivity contribution in [3.63, 3.8) is 0 Å². The van der Waals surface area contributed by atoms with Crippen LogP contribution >= 0.6 is 0 Å². The predicted molar refractivity (Wildman–Crippen MR) is 73.3 cm³/mol. The highest BCUT2D eigenvalue weighted by Crippen LogP contribution is 2.20. The molecule has 0 atom stereocenters. The summed E-state index contributed by atoms with van der Waals surface area (Å²) in [5, 5.41) is 0. The third-order valence-corrected chi connectivity index (χ3v) is 4.38. The normalized spacial score (nSPS) is 24.2. The second kappa shape index (κ2) is 7.10. The van der Waals surface area contributed by atoms with Gasteiger partial charge in [0.1, 0.15) is 0 Å². The smallest absolute Gasteiger partial charge is 0.217 e. The Bertz CT molecular complexity index is 256. The van der Waals surface area contributed by atoms with Gasteiger partial charge in [0.05, 0.1) is 0 Å². The Morgan fingerprint density at radius 1 is 0.944 bits per heavy atom. The van der Waals surface area contributed by atoms with Gasteiger partial charge < -0.3 is 15.5 Å². The summed E-state index contributed by atoms with van der Waals surface area (Å²) in [6, 6.07) is 0. The van der Waals surface area contributed by atoms with Crippen LogP contribution in [-0.4, -0.2) is 55.0 Å². The van der Waals surface area contributed by atoms with E-state index in [1.807, 2.05) is 0 Å². The molecule has 2 aliphatic heterocycles. The number of hydrogen-bond acceptors (Lipinski definition) is 3. The van der Waals surface area contributed by atoms with E-state index in [1.165, 1.54) is 45.4 Å². The number of amides is 1. The first-order valence-corrected chi connectivity index (χ1v) is 7.47. The molecular weight excluding hydrogens is 226 g/mol. The van der Waals surface area contributed by atoms with Gasteiger partial charge in [-0.3, -0.25) is 4.79 Å². The Balaban J connectivity index is 1.59. The Morgan fingerprint density at radius 2 is 1.50 bits per heavy atom. The predicted octanol–water partition coefficient (Wildman–Crippen LogP) is 1.06. The van der Waals surface area contributed by atoms with Crippen LogP contribution < -0.4 is 5.73 Å². The van der Waals surface area contributed by atoms with E-state index in [0.717, 1.165) is 25.9 Å². The fraction of sp³-hybridized carbons (Fsp3) is 0.929. The molecule has 4 heteroatoms. The monoisotopic (exact) mass is 253 g/mol. The number of rotatable bonds is 5. The van der Waals surface area contributed by atoms with Crippen LogP contribution in [0.3, 0.4) is 0 Å². The lowest BCUT2D eigenvalue weighted by molar-refractivity contribution is -0.119. The van der Waals surface area contributed by atoms with Gasteiger partial charge in [0.2, 0.25) is 5.91 Å². The standard InChI is InChI=1S/C14H27N3O/c15-14(18)12-13-4-8-17(9-5-13)11-10-16-6-2-1-3-7-16/h13H,1-12H2,(H2,15,18). The SMILES string of the molecule is NC(=O)CC1CCN(CCN2CCCCC2)CC1. The summed E-state index contributed by atoms with van der Waals surface area (Å²) >= 11 is 0. The Morgan fingerprint density at radius 3 is 2.06 bits per heavy atom. The second-order valence-corrected chi connectivity index (χ2v) is 5.86. The Hall–Kier alpha value is -0.610. The third-order valence-electron chi connectivity index (χ3n) is 4.38. The molecule has 4 nitrogen and oxygen atoms in total. The molecule has 0 unspecified atom stereocenters. The van der Waals surface area contributed by atoms with Gasteiger partial charge in [-0.15, -0.1) is 0 Å². The Labute approximate surface area is 110 Å². The largest absolute Gasteiger partial charge is 0.370 e. The topological polar surface area (TPSA) is 49.6 Å². The summed E-state index contributed by atoms with van der Waals surface area (Å²) in [6.07, 6.45) is 7.03. The number of hydrogen-bond donors (Lipinski definition) is 1. The van der Waals surface area contributed by atoms with E-state index >= 15 is 0 Å². The van der Waals surface area contributed by atoms with Crippen LogP contribution in [0.1, 0.15) is 38.5 Å². The number of carbonyl (C=O) groups is 1. The molecule has 0 saturated carbocycles. The fourth-order valence-corrected chi connectivity index (χ4v) is 3.16. The first-order chi connectivity index (χ1) is 8.74. The second-order valence-electron chi connectivity index (χ2n) is 5.86. The van der Waals surface area contributed by atoms with E-state index in [4.69, 9.17) is 5.73 Å². The van der Waals surface area contributed by atoms with Crippen molar-refractivity contribution in [2.24, 2.45) is 11.7 Å². The van der Waals surface area contributed by atoms with Crippen molar-refractivity contribution < 1.29 is 4.79 Å². The van der Waals surface area contributed by atoms with Crippen LogP contribution in [0.25, 0.3) is 0 Å². The number of piperidine rings is 2. The lowest BCUT2D eigenvalue weighted by atomic mass is 9.93. The maximum absolute atomic E-state index is 10.9. The van der Waals surface area contributed by atoms with Crippen LogP contribution in [0, 0.1) is 5.92 Å². The fourth-order valence-electron chi connectivity index (χ4n) is 3.16. The van der Waals surface area contributed by atoms with Crippen LogP contribution in [0.15, 0.2) is 0 Å². The molecule has 2 fully saturated rings. The van der Waals surface area contributed by atoms with Crippen molar-refractivity contribution in [1.29, 1.82) is 0 Å². The quantitative estimate of drug-likeness (QED) is 0.797. The van der Waals surface area contributed by atoms with Gasteiger partial charge in [-0.2, -0.15) is 0 Å². The van der Waals surface area contributed by atoms with E-state index in [2.05, 4.69) is 9.80 Å². The zero-order valence-corrected chi connectivity index (χ0v) is 11.4. The van der Waals surface area contributed by atoms with Crippen LogP contribution in [-0.2, 0) is 4.79 Å². The molecule has 18 heavy (non-hydrogen) atoms. The summed E-state index contributed by atoms with van der Waals surface area (Å²) in [4.78, 5) is 16.0. The molecule has 0 aromatic carbocycles. The zero-order valence-electron chi connectivity index (χ0n) is 11.4. The van der Waals surface area contributed by atoms with E-state index in [9.17, 15) is 4.79 Å². The highest BCUT2D eigenvalue weighted by molar-refractivity contribution is 5.73. The molecule has 1 amide bonds. The van der Waals surface area contributed by atoms with Gasteiger partial charge in [0.25, 0.3) is 0 Å². The van der Waals surface area contributed by atoms with Gasteiger partial charge in [-0.25, -0.2) is 0 Å². The van der Waals surface area contributed by atoms with Crippen molar-refractivity contribution in [1.82, 2.24) is 9.80 Å². The van der Waals surface area contributed by atoms with Crippen molar-refractivity contribution in [3.05, 3.63) is 0 Å². The molecule has 2 saturated heterocycles. The lowest BCUT2D eigenvalue weighted by Crippen LogP contribution is -2.41. The molecular formula is C14H27N3O. The lowest BCUT2D eigenvalue weighted by Gasteiger charge is -2.34. The molecule has 2 heterocycles. The van der Waals surface area contributed by atoms with Gasteiger partial charge in [0, 0.05) is 19.5 Å². The third kappa shape index (κ3) is 4.58. The maximum atomic E-state index is 10.9. The first-order valence-electron chi connectivity index (χ1n) is 7.47. The minimum absolute atomic E-state index is 0.137. The summed E-state index contributed by atoms with van der Waals surface area (Å²) in [7, 11) is 0. The molecule has 0 aromatic rings. The Kier molecular flexibility index (Phi) is 5.45. The van der Waals surface area contributed by atoms with Crippen molar-refractivity contribution in [2.45, 2.75) is 38.5 Å². The molecule has 104 valence electrons. The molecule has 2 aliphatic rings. The molecule has 0 aliphatic carbocycles. The van der Waals surface area contributed by atoms with E-state index in [1.54, 1.807) is 0 Å². The number of primary amides is 1. The highest BCUT2D eigenvalue weighted by atomic mass is 16.1. The number of carbonyl (C=O) groups excluding carboxylic acids is 1. The van der Waals surface area contributed by atoms with Gasteiger partial charge in [-0.1, -0.05) is 6.42 Å². The summed E-state index contributed by atoms with van der Waals surface area (Å²) in [5.41, 5.74) is 5.25. The molecule has 2 rings (SSSR count). The van der Waals surface area contributed by atoms with Crippen molar-refractivity contribution in [2.75, 3.05) is 39.3 Å². The maximum Gasteiger partial charge on any atom is 0.217 e. The van der Waals surface area contributed by atoms with E-state index < -0.39 is 0 Å². The number of nitrogens with two attached hydrogens (primary N) is 1. The average Bonchev–Trinajstić information content (AvgIpc) is 2.38. The molecule has 2 N–H and O–H groups in total. The summed E-state index contributed by atoms with van der Waals surface area (Å²) in [6.45, 7) is 7.29. The van der Waals surface area contributed by atoms with E-state index in [-0.39, 0.29) is 5.91 Å². The van der Waals surface area contributed by atoms with Crippen LogP contribution in [0.2, 0.25) is 0 Å². The number of likely N-dealkylation sites (tertiary alicyclic amines) is 2. The molecule has 0 aromatic heterocycles. The molecule has 0 spiro atoms. The average molecular weight is 253 g/mol. The minimum Gasteiger partial charge on any atom is -0.370 e. The summed E-state index contributed by atoms with van der Waals surface area (Å²) in [5.74, 6) is 0.399. The highest BCUT2D eigenvalue weighted by Gasteiger charge is 2.21. The van der Waals surface area contributed by atoms with Crippen molar-refractivity contribution >= 4 is 5.91 Å². The molecule has 0 radical (unpaired) electrons. The van der Waals surface area contributed by atoms with E-state index in [0.29, 0.717) is 12.3 Å². The van der Waals surface area contributed by atoms with Crippen molar-refractivity contribution in [3.8, 4) is 0 Å². The van der Waals surface area contributed by atoms with Gasteiger partial charge in [0.15, 0.2) is 0 Å². The molecule has 0 bridgehead atoms. The minimum atomic E-state index is -0.137. The number of nitrogens with zero attached hydrogens (tertiary/aromatic N) is 2. The zero-order chi connectivity index (χ0) is 12.8. The summed E-state index contributed by atoms with van der Waals surface area (Å²) < 4.78 is 0. The van der Waals surface area contributed by atoms with Crippen LogP contribution in [0.4, 0.5) is 0 Å². The van der Waals surface area contributed by atoms with Crippen LogP contribution in [0.5, 0.6) is 0 Å². The van der Waals surface area contributed by atoms with Gasteiger partial charge >= 0.3 is 0 Å².